The summed E-state index contributed by atoms with van der Waals surface area (Å²) in [6.07, 6.45) is 4.73. The number of pyridine rings is 1. The zero-order valence-electron chi connectivity index (χ0n) is 10.4. The normalized spacial score (nSPS) is 10.7. The predicted molar refractivity (Wildman–Crippen MR) is 68.9 cm³/mol. The van der Waals surface area contributed by atoms with E-state index in [2.05, 4.69) is 34.7 Å². The summed E-state index contributed by atoms with van der Waals surface area (Å²) in [6, 6.07) is 8.36. The number of hydrogen-bond donors (Lipinski definition) is 0. The largest absolute Gasteiger partial charge is 0.385 e. The number of ether oxygens (including phenoxy) is 1. The van der Waals surface area contributed by atoms with E-state index in [9.17, 15) is 0 Å². The van der Waals surface area contributed by atoms with Gasteiger partial charge in [-0.25, -0.2) is 0 Å². The molecule has 0 unspecified atom stereocenters. The first-order valence-electron chi connectivity index (χ1n) is 5.88. The van der Waals surface area contributed by atoms with Gasteiger partial charge in [0.25, 0.3) is 0 Å². The van der Waals surface area contributed by atoms with Crippen molar-refractivity contribution in [1.29, 1.82) is 0 Å². The highest BCUT2D eigenvalue weighted by Gasteiger charge is 2.06. The average Bonchev–Trinajstić information content (AvgIpc) is 2.73. The summed E-state index contributed by atoms with van der Waals surface area (Å²) in [5.41, 5.74) is 3.67. The van der Waals surface area contributed by atoms with Crippen molar-refractivity contribution in [2.75, 3.05) is 13.7 Å². The van der Waals surface area contributed by atoms with Crippen LogP contribution >= 0.6 is 0 Å². The topological polar surface area (TPSA) is 27.1 Å². The van der Waals surface area contributed by atoms with Crippen LogP contribution in [0, 0.1) is 6.92 Å². The maximum Gasteiger partial charge on any atom is 0.0498 e. The molecule has 0 aliphatic carbocycles. The number of methoxy groups -OCH3 is 1. The Labute approximate surface area is 102 Å². The minimum atomic E-state index is 0.796. The van der Waals surface area contributed by atoms with Crippen molar-refractivity contribution in [3.63, 3.8) is 0 Å². The van der Waals surface area contributed by atoms with Crippen LogP contribution in [0.1, 0.15) is 12.1 Å². The number of hydrogen-bond acceptors (Lipinski definition) is 2. The molecule has 0 N–H and O–H groups in total. The van der Waals surface area contributed by atoms with Crippen molar-refractivity contribution in [1.82, 2.24) is 9.55 Å². The number of nitrogens with zero attached hydrogens (tertiary/aromatic N) is 2. The SMILES string of the molecule is COCCCn1c(C)ccc1-c1cccnc1. The number of rotatable bonds is 5. The molecule has 0 aromatic carbocycles. The first-order chi connectivity index (χ1) is 8.33. The van der Waals surface area contributed by atoms with E-state index in [1.54, 1.807) is 13.3 Å². The van der Waals surface area contributed by atoms with Gasteiger partial charge in [-0.05, 0) is 37.6 Å². The zero-order valence-corrected chi connectivity index (χ0v) is 10.4. The van der Waals surface area contributed by atoms with Gasteiger partial charge in [-0.15, -0.1) is 0 Å². The molecule has 0 atom stereocenters. The Morgan fingerprint density at radius 3 is 2.88 bits per heavy atom. The van der Waals surface area contributed by atoms with E-state index in [-0.39, 0.29) is 0 Å². The second kappa shape index (κ2) is 5.64. The number of aryl methyl sites for hydroxylation is 1. The highest BCUT2D eigenvalue weighted by Crippen LogP contribution is 2.21. The van der Waals surface area contributed by atoms with Crippen LogP contribution in [0.5, 0.6) is 0 Å². The summed E-state index contributed by atoms with van der Waals surface area (Å²) in [7, 11) is 1.74. The monoisotopic (exact) mass is 230 g/mol. The standard InChI is InChI=1S/C14H18N2O/c1-12-6-7-14(13-5-3-8-15-11-13)16(12)9-4-10-17-2/h3,5-8,11H,4,9-10H2,1-2H3. The van der Waals surface area contributed by atoms with Crippen LogP contribution in [0.25, 0.3) is 11.3 Å². The summed E-state index contributed by atoms with van der Waals surface area (Å²) in [5.74, 6) is 0. The molecule has 17 heavy (non-hydrogen) atoms. The molecule has 90 valence electrons. The van der Waals surface area contributed by atoms with Gasteiger partial charge in [-0.3, -0.25) is 4.98 Å². The Balaban J connectivity index is 2.23. The van der Waals surface area contributed by atoms with Crippen LogP contribution in [0.15, 0.2) is 36.7 Å². The molecule has 3 heteroatoms. The van der Waals surface area contributed by atoms with Gasteiger partial charge in [0.05, 0.1) is 0 Å². The maximum atomic E-state index is 5.10. The Morgan fingerprint density at radius 1 is 1.29 bits per heavy atom. The minimum absolute atomic E-state index is 0.796. The number of aromatic nitrogens is 2. The van der Waals surface area contributed by atoms with Gasteiger partial charge in [-0.1, -0.05) is 0 Å². The molecular formula is C14H18N2O. The minimum Gasteiger partial charge on any atom is -0.385 e. The van der Waals surface area contributed by atoms with Gasteiger partial charge in [0.2, 0.25) is 0 Å². The molecular weight excluding hydrogens is 212 g/mol. The van der Waals surface area contributed by atoms with Crippen molar-refractivity contribution in [2.45, 2.75) is 19.9 Å². The van der Waals surface area contributed by atoms with Gasteiger partial charge in [-0.2, -0.15) is 0 Å². The van der Waals surface area contributed by atoms with E-state index in [0.717, 1.165) is 25.1 Å². The Kier molecular flexibility index (Phi) is 3.94. The summed E-state index contributed by atoms with van der Waals surface area (Å²) >= 11 is 0. The molecule has 2 aromatic rings. The lowest BCUT2D eigenvalue weighted by molar-refractivity contribution is 0.190. The fourth-order valence-corrected chi connectivity index (χ4v) is 2.00. The van der Waals surface area contributed by atoms with Gasteiger partial charge >= 0.3 is 0 Å². The first-order valence-corrected chi connectivity index (χ1v) is 5.88. The molecule has 3 nitrogen and oxygen atoms in total. The van der Waals surface area contributed by atoms with E-state index in [4.69, 9.17) is 4.74 Å². The molecule has 2 rings (SSSR count). The van der Waals surface area contributed by atoms with E-state index in [1.807, 2.05) is 12.3 Å². The molecule has 0 fully saturated rings. The highest BCUT2D eigenvalue weighted by atomic mass is 16.5. The quantitative estimate of drug-likeness (QED) is 0.738. The Bertz CT molecular complexity index is 462. The lowest BCUT2D eigenvalue weighted by atomic mass is 10.2. The fourth-order valence-electron chi connectivity index (χ4n) is 2.00. The van der Waals surface area contributed by atoms with E-state index in [0.29, 0.717) is 0 Å². The van der Waals surface area contributed by atoms with Crippen LogP contribution < -0.4 is 0 Å². The third-order valence-corrected chi connectivity index (χ3v) is 2.89. The summed E-state index contributed by atoms with van der Waals surface area (Å²) in [4.78, 5) is 4.17. The zero-order chi connectivity index (χ0) is 12.1. The van der Waals surface area contributed by atoms with Gasteiger partial charge in [0.15, 0.2) is 0 Å². The van der Waals surface area contributed by atoms with Crippen molar-refractivity contribution in [3.05, 3.63) is 42.4 Å². The van der Waals surface area contributed by atoms with Crippen LogP contribution in [0.2, 0.25) is 0 Å². The van der Waals surface area contributed by atoms with Crippen molar-refractivity contribution in [3.8, 4) is 11.3 Å². The molecule has 0 spiro atoms. The third kappa shape index (κ3) is 2.74. The van der Waals surface area contributed by atoms with Crippen LogP contribution in [0.4, 0.5) is 0 Å². The van der Waals surface area contributed by atoms with E-state index in [1.165, 1.54) is 11.4 Å². The Hall–Kier alpha value is -1.61. The second-order valence-electron chi connectivity index (χ2n) is 4.10. The Morgan fingerprint density at radius 2 is 2.18 bits per heavy atom. The summed E-state index contributed by atoms with van der Waals surface area (Å²) in [6.45, 7) is 3.91. The molecule has 0 amide bonds. The van der Waals surface area contributed by atoms with Crippen molar-refractivity contribution in [2.24, 2.45) is 0 Å². The molecule has 0 aliphatic heterocycles. The summed E-state index contributed by atoms with van der Waals surface area (Å²) < 4.78 is 7.42. The molecule has 0 saturated carbocycles. The van der Waals surface area contributed by atoms with Crippen LogP contribution in [-0.2, 0) is 11.3 Å². The highest BCUT2D eigenvalue weighted by molar-refractivity contribution is 5.59. The lowest BCUT2D eigenvalue weighted by Gasteiger charge is -2.11. The second-order valence-corrected chi connectivity index (χ2v) is 4.10. The van der Waals surface area contributed by atoms with Gasteiger partial charge in [0, 0.05) is 49.6 Å². The van der Waals surface area contributed by atoms with E-state index < -0.39 is 0 Å². The first kappa shape index (κ1) is 11.9. The molecule has 0 bridgehead atoms. The smallest absolute Gasteiger partial charge is 0.0498 e. The molecule has 0 aliphatic rings. The average molecular weight is 230 g/mol. The van der Waals surface area contributed by atoms with E-state index >= 15 is 0 Å². The summed E-state index contributed by atoms with van der Waals surface area (Å²) in [5, 5.41) is 0. The maximum absolute atomic E-state index is 5.10. The molecule has 2 aromatic heterocycles. The molecule has 0 saturated heterocycles. The fraction of sp³-hybridized carbons (Fsp3) is 0.357. The lowest BCUT2D eigenvalue weighted by Crippen LogP contribution is -2.04. The van der Waals surface area contributed by atoms with Gasteiger partial charge < -0.3 is 9.30 Å². The van der Waals surface area contributed by atoms with Crippen molar-refractivity contribution >= 4 is 0 Å². The molecule has 2 heterocycles. The van der Waals surface area contributed by atoms with Crippen LogP contribution in [-0.4, -0.2) is 23.3 Å². The third-order valence-electron chi connectivity index (χ3n) is 2.89. The van der Waals surface area contributed by atoms with Gasteiger partial charge in [0.1, 0.15) is 0 Å². The molecule has 0 radical (unpaired) electrons. The van der Waals surface area contributed by atoms with Crippen LogP contribution in [0.3, 0.4) is 0 Å². The van der Waals surface area contributed by atoms with Crippen molar-refractivity contribution < 1.29 is 4.74 Å². The predicted octanol–water partition coefficient (Wildman–Crippen LogP) is 2.90.